The van der Waals surface area contributed by atoms with Gasteiger partial charge in [0.15, 0.2) is 5.82 Å². The van der Waals surface area contributed by atoms with E-state index in [-0.39, 0.29) is 0 Å². The number of hydrogen-bond donors (Lipinski definition) is 0. The molecule has 1 aromatic carbocycles. The standard InChI is InChI=1S/C15H14N6O/c1-3-11-17-18-15-16-14-12(19-21(11)15)9-7-5-6-8-10(9)13(14)20-22-4-2/h5-8H,3-4H2,1-2H3/b20-13-. The molecule has 7 nitrogen and oxygen atoms in total. The van der Waals surface area contributed by atoms with Crippen molar-refractivity contribution in [2.75, 3.05) is 6.61 Å². The second-order valence-electron chi connectivity index (χ2n) is 4.89. The van der Waals surface area contributed by atoms with Gasteiger partial charge in [-0.2, -0.15) is 9.61 Å². The average Bonchev–Trinajstić information content (AvgIpc) is 3.09. The molecule has 7 heteroatoms. The van der Waals surface area contributed by atoms with Crippen molar-refractivity contribution in [3.8, 4) is 11.3 Å². The molecule has 1 aliphatic carbocycles. The van der Waals surface area contributed by atoms with Gasteiger partial charge in [0.1, 0.15) is 23.7 Å². The van der Waals surface area contributed by atoms with E-state index in [0.29, 0.717) is 23.8 Å². The van der Waals surface area contributed by atoms with E-state index in [9.17, 15) is 0 Å². The van der Waals surface area contributed by atoms with E-state index in [2.05, 4.69) is 25.4 Å². The molecule has 4 rings (SSSR count). The van der Waals surface area contributed by atoms with Crippen LogP contribution in [0.3, 0.4) is 0 Å². The quantitative estimate of drug-likeness (QED) is 0.539. The molecule has 0 fully saturated rings. The average molecular weight is 294 g/mol. The van der Waals surface area contributed by atoms with Crippen molar-refractivity contribution in [1.82, 2.24) is 24.8 Å². The molecular formula is C15H14N6O. The molecule has 1 aliphatic rings. The van der Waals surface area contributed by atoms with E-state index >= 15 is 0 Å². The predicted molar refractivity (Wildman–Crippen MR) is 80.7 cm³/mol. The molecule has 0 saturated heterocycles. The summed E-state index contributed by atoms with van der Waals surface area (Å²) >= 11 is 0. The summed E-state index contributed by atoms with van der Waals surface area (Å²) in [5, 5.41) is 17.1. The Kier molecular flexibility index (Phi) is 2.85. The molecule has 0 atom stereocenters. The summed E-state index contributed by atoms with van der Waals surface area (Å²) in [5.74, 6) is 1.27. The highest BCUT2D eigenvalue weighted by molar-refractivity contribution is 6.22. The van der Waals surface area contributed by atoms with Gasteiger partial charge in [-0.15, -0.1) is 10.2 Å². The van der Waals surface area contributed by atoms with Crippen molar-refractivity contribution in [2.24, 2.45) is 5.16 Å². The third-order valence-corrected chi connectivity index (χ3v) is 3.59. The number of oxime groups is 1. The molecule has 3 aromatic rings. The zero-order chi connectivity index (χ0) is 15.1. The number of benzene rings is 1. The Hall–Kier alpha value is -2.83. The maximum absolute atomic E-state index is 5.25. The van der Waals surface area contributed by atoms with Gasteiger partial charge in [0.05, 0.1) is 0 Å². The van der Waals surface area contributed by atoms with Crippen molar-refractivity contribution in [1.29, 1.82) is 0 Å². The number of fused-ring (bicyclic) bond motifs is 4. The van der Waals surface area contributed by atoms with Crippen molar-refractivity contribution >= 4 is 11.5 Å². The topological polar surface area (TPSA) is 77.6 Å². The van der Waals surface area contributed by atoms with Crippen molar-refractivity contribution in [2.45, 2.75) is 20.3 Å². The highest BCUT2D eigenvalue weighted by atomic mass is 16.6. The van der Waals surface area contributed by atoms with Gasteiger partial charge in [0.25, 0.3) is 5.78 Å². The summed E-state index contributed by atoms with van der Waals surface area (Å²) < 4.78 is 1.69. The lowest BCUT2D eigenvalue weighted by Gasteiger charge is -2.01. The van der Waals surface area contributed by atoms with Gasteiger partial charge in [-0.1, -0.05) is 36.3 Å². The van der Waals surface area contributed by atoms with Gasteiger partial charge in [0, 0.05) is 17.5 Å². The Morgan fingerprint density at radius 3 is 2.68 bits per heavy atom. The van der Waals surface area contributed by atoms with E-state index in [1.54, 1.807) is 4.52 Å². The zero-order valence-electron chi connectivity index (χ0n) is 12.3. The smallest absolute Gasteiger partial charge is 0.272 e. The fourth-order valence-corrected chi connectivity index (χ4v) is 2.59. The third kappa shape index (κ3) is 1.71. The molecule has 2 heterocycles. The fraction of sp³-hybridized carbons (Fsp3) is 0.267. The van der Waals surface area contributed by atoms with Crippen molar-refractivity contribution in [3.63, 3.8) is 0 Å². The molecule has 0 N–H and O–H groups in total. The molecule has 2 aromatic heterocycles. The molecule has 0 amide bonds. The summed E-state index contributed by atoms with van der Waals surface area (Å²) in [6.07, 6.45) is 0.746. The highest BCUT2D eigenvalue weighted by Crippen LogP contribution is 2.34. The Morgan fingerprint density at radius 1 is 1.09 bits per heavy atom. The maximum Gasteiger partial charge on any atom is 0.272 e. The van der Waals surface area contributed by atoms with Crippen LogP contribution < -0.4 is 0 Å². The minimum absolute atomic E-state index is 0.479. The van der Waals surface area contributed by atoms with Crippen molar-refractivity contribution < 1.29 is 4.84 Å². The number of hydrogen-bond acceptors (Lipinski definition) is 6. The first-order valence-electron chi connectivity index (χ1n) is 7.26. The summed E-state index contributed by atoms with van der Waals surface area (Å²) in [7, 11) is 0. The first-order chi connectivity index (χ1) is 10.8. The van der Waals surface area contributed by atoms with Gasteiger partial charge in [0.2, 0.25) is 0 Å². The summed E-state index contributed by atoms with van der Waals surface area (Å²) in [5.41, 5.74) is 4.16. The minimum Gasteiger partial charge on any atom is -0.396 e. The van der Waals surface area contributed by atoms with Crippen LogP contribution in [0, 0.1) is 0 Å². The first-order valence-corrected chi connectivity index (χ1v) is 7.26. The first kappa shape index (κ1) is 12.9. The second-order valence-corrected chi connectivity index (χ2v) is 4.89. The van der Waals surface area contributed by atoms with Gasteiger partial charge in [-0.25, -0.2) is 4.98 Å². The molecular weight excluding hydrogens is 280 g/mol. The van der Waals surface area contributed by atoms with Gasteiger partial charge < -0.3 is 4.84 Å². The van der Waals surface area contributed by atoms with E-state index in [0.717, 1.165) is 29.1 Å². The van der Waals surface area contributed by atoms with Crippen LogP contribution in [0.25, 0.3) is 17.0 Å². The molecule has 0 unspecified atom stereocenters. The lowest BCUT2D eigenvalue weighted by Crippen LogP contribution is -2.07. The van der Waals surface area contributed by atoms with Gasteiger partial charge >= 0.3 is 0 Å². The van der Waals surface area contributed by atoms with E-state index in [1.807, 2.05) is 38.1 Å². The Bertz CT molecular complexity index is 898. The lowest BCUT2D eigenvalue weighted by atomic mass is 10.1. The van der Waals surface area contributed by atoms with Crippen LogP contribution >= 0.6 is 0 Å². The maximum atomic E-state index is 5.25. The predicted octanol–water partition coefficient (Wildman–Crippen LogP) is 1.85. The molecule has 0 spiro atoms. The molecule has 0 radical (unpaired) electrons. The summed E-state index contributed by atoms with van der Waals surface area (Å²) in [4.78, 5) is 9.84. The Balaban J connectivity index is 2.02. The molecule has 110 valence electrons. The van der Waals surface area contributed by atoms with Crippen LogP contribution in [-0.2, 0) is 11.3 Å². The van der Waals surface area contributed by atoms with Crippen LogP contribution in [0.15, 0.2) is 29.4 Å². The second kappa shape index (κ2) is 4.87. The highest BCUT2D eigenvalue weighted by Gasteiger charge is 2.30. The number of nitrogens with zero attached hydrogens (tertiary/aromatic N) is 6. The fourth-order valence-electron chi connectivity index (χ4n) is 2.59. The largest absolute Gasteiger partial charge is 0.396 e. The summed E-state index contributed by atoms with van der Waals surface area (Å²) in [6, 6.07) is 7.96. The number of rotatable bonds is 3. The molecule has 22 heavy (non-hydrogen) atoms. The van der Waals surface area contributed by atoms with Gasteiger partial charge in [-0.05, 0) is 6.92 Å². The van der Waals surface area contributed by atoms with E-state index in [1.165, 1.54) is 0 Å². The molecule has 0 saturated carbocycles. The normalized spacial score (nSPS) is 14.4. The summed E-state index contributed by atoms with van der Waals surface area (Å²) in [6.45, 7) is 4.41. The monoisotopic (exact) mass is 294 g/mol. The molecule has 0 aliphatic heterocycles. The van der Waals surface area contributed by atoms with Crippen LogP contribution in [0.1, 0.15) is 30.9 Å². The number of aromatic nitrogens is 5. The van der Waals surface area contributed by atoms with Crippen LogP contribution in [0.5, 0.6) is 0 Å². The third-order valence-electron chi connectivity index (χ3n) is 3.59. The van der Waals surface area contributed by atoms with E-state index < -0.39 is 0 Å². The number of aryl methyl sites for hydroxylation is 1. The Morgan fingerprint density at radius 2 is 1.91 bits per heavy atom. The Labute approximate surface area is 126 Å². The lowest BCUT2D eigenvalue weighted by molar-refractivity contribution is 0.159. The zero-order valence-corrected chi connectivity index (χ0v) is 12.3. The van der Waals surface area contributed by atoms with Gasteiger partial charge in [-0.3, -0.25) is 0 Å². The van der Waals surface area contributed by atoms with Crippen LogP contribution in [-0.4, -0.2) is 37.1 Å². The van der Waals surface area contributed by atoms with Crippen LogP contribution in [0.4, 0.5) is 0 Å². The molecule has 0 bridgehead atoms. The minimum atomic E-state index is 0.479. The van der Waals surface area contributed by atoms with Crippen molar-refractivity contribution in [3.05, 3.63) is 41.3 Å². The van der Waals surface area contributed by atoms with Crippen LogP contribution in [0.2, 0.25) is 0 Å². The SMILES string of the molecule is CCO/N=C1/c2ccccc2-c2nn3c(CC)nnc3nc21. The van der Waals surface area contributed by atoms with E-state index in [4.69, 9.17) is 4.84 Å².